The molecule has 1 aromatic carbocycles. The molecule has 0 saturated heterocycles. The van der Waals surface area contributed by atoms with Crippen LogP contribution in [0.1, 0.15) is 23.1 Å². The number of benzene rings is 1. The second kappa shape index (κ2) is 5.76. The summed E-state index contributed by atoms with van der Waals surface area (Å²) in [7, 11) is 0. The summed E-state index contributed by atoms with van der Waals surface area (Å²) in [6.07, 6.45) is 1.84. The molecule has 1 aromatic rings. The number of carbonyl (C=O) groups is 1. The third kappa shape index (κ3) is 3.92. The molecule has 15 heavy (non-hydrogen) atoms. The number of hydrogen-bond acceptors (Lipinski definition) is 1. The van der Waals surface area contributed by atoms with Crippen LogP contribution in [0, 0.1) is 6.92 Å². The predicted molar refractivity (Wildman–Crippen MR) is 61.6 cm³/mol. The Morgan fingerprint density at radius 3 is 2.73 bits per heavy atom. The van der Waals surface area contributed by atoms with Crippen LogP contribution in [0.3, 0.4) is 0 Å². The molecular weight excluding hydrogens is 212 g/mol. The van der Waals surface area contributed by atoms with Gasteiger partial charge in [-0.15, -0.1) is 11.6 Å². The fourth-order valence-corrected chi connectivity index (χ4v) is 1.71. The molecule has 0 saturated carbocycles. The van der Waals surface area contributed by atoms with Gasteiger partial charge >= 0.3 is 5.97 Å². The Hall–Kier alpha value is -1.02. The van der Waals surface area contributed by atoms with E-state index in [2.05, 4.69) is 0 Å². The first-order chi connectivity index (χ1) is 7.13. The molecule has 0 aliphatic rings. The lowest BCUT2D eigenvalue weighted by molar-refractivity contribution is -0.136. The van der Waals surface area contributed by atoms with E-state index >= 15 is 0 Å². The molecule has 0 radical (unpaired) electrons. The maximum absolute atomic E-state index is 10.7. The zero-order valence-corrected chi connectivity index (χ0v) is 9.55. The van der Waals surface area contributed by atoms with Gasteiger partial charge in [0.1, 0.15) is 0 Å². The number of alkyl halides is 1. The van der Waals surface area contributed by atoms with Crippen molar-refractivity contribution in [3.63, 3.8) is 0 Å². The van der Waals surface area contributed by atoms with Crippen molar-refractivity contribution in [3.05, 3.63) is 34.9 Å². The van der Waals surface area contributed by atoms with Crippen LogP contribution in [0.5, 0.6) is 0 Å². The van der Waals surface area contributed by atoms with Crippen molar-refractivity contribution in [2.75, 3.05) is 5.88 Å². The summed E-state index contributed by atoms with van der Waals surface area (Å²) in [4.78, 5) is 10.7. The van der Waals surface area contributed by atoms with E-state index in [9.17, 15) is 4.79 Å². The van der Waals surface area contributed by atoms with E-state index < -0.39 is 5.97 Å². The normalized spacial score (nSPS) is 10.3. The molecule has 0 amide bonds. The van der Waals surface area contributed by atoms with Crippen molar-refractivity contribution >= 4 is 17.6 Å². The maximum Gasteiger partial charge on any atom is 0.307 e. The Kier molecular flexibility index (Phi) is 4.63. The average Bonchev–Trinajstić information content (AvgIpc) is 2.18. The zero-order valence-electron chi connectivity index (χ0n) is 8.79. The molecule has 0 fully saturated rings. The Morgan fingerprint density at radius 2 is 2.13 bits per heavy atom. The van der Waals surface area contributed by atoms with Crippen LogP contribution >= 0.6 is 11.6 Å². The van der Waals surface area contributed by atoms with Crippen LogP contribution < -0.4 is 0 Å². The Balaban J connectivity index is 2.87. The molecular formula is C12H15ClO2. The summed E-state index contributed by atoms with van der Waals surface area (Å²) in [6, 6.07) is 5.89. The van der Waals surface area contributed by atoms with Crippen LogP contribution in [0.4, 0.5) is 0 Å². The van der Waals surface area contributed by atoms with Gasteiger partial charge in [-0.3, -0.25) is 4.79 Å². The molecule has 0 spiro atoms. The number of halogens is 1. The summed E-state index contributed by atoms with van der Waals surface area (Å²) in [6.45, 7) is 2.01. The second-order valence-electron chi connectivity index (χ2n) is 3.64. The SMILES string of the molecule is Cc1ccc(CC(=O)O)c(CCCCl)c1. The van der Waals surface area contributed by atoms with Gasteiger partial charge in [0, 0.05) is 5.88 Å². The summed E-state index contributed by atoms with van der Waals surface area (Å²) in [5, 5.41) is 8.76. The molecule has 0 aromatic heterocycles. The molecule has 0 aliphatic heterocycles. The molecule has 0 unspecified atom stereocenters. The summed E-state index contributed by atoms with van der Waals surface area (Å²) in [5.74, 6) is -0.175. The Morgan fingerprint density at radius 1 is 1.40 bits per heavy atom. The van der Waals surface area contributed by atoms with E-state index in [1.54, 1.807) is 0 Å². The molecule has 0 heterocycles. The minimum Gasteiger partial charge on any atom is -0.481 e. The van der Waals surface area contributed by atoms with Gasteiger partial charge in [-0.2, -0.15) is 0 Å². The van der Waals surface area contributed by atoms with Gasteiger partial charge in [-0.25, -0.2) is 0 Å². The molecule has 82 valence electrons. The lowest BCUT2D eigenvalue weighted by atomic mass is 9.98. The predicted octanol–water partition coefficient (Wildman–Crippen LogP) is 2.79. The van der Waals surface area contributed by atoms with Crippen LogP contribution in [-0.2, 0) is 17.6 Å². The van der Waals surface area contributed by atoms with E-state index in [-0.39, 0.29) is 6.42 Å². The molecule has 1 rings (SSSR count). The maximum atomic E-state index is 10.7. The Labute approximate surface area is 94.9 Å². The number of aryl methyl sites for hydroxylation is 2. The number of carboxylic acid groups (broad SMARTS) is 1. The molecule has 1 N–H and O–H groups in total. The van der Waals surface area contributed by atoms with Gasteiger partial charge in [-0.1, -0.05) is 23.8 Å². The van der Waals surface area contributed by atoms with E-state index in [4.69, 9.17) is 16.7 Å². The number of hydrogen-bond donors (Lipinski definition) is 1. The van der Waals surface area contributed by atoms with E-state index in [1.165, 1.54) is 0 Å². The van der Waals surface area contributed by atoms with Gasteiger partial charge < -0.3 is 5.11 Å². The van der Waals surface area contributed by atoms with Crippen molar-refractivity contribution in [1.82, 2.24) is 0 Å². The van der Waals surface area contributed by atoms with Gasteiger partial charge in [0.15, 0.2) is 0 Å². The monoisotopic (exact) mass is 226 g/mol. The fourth-order valence-electron chi connectivity index (χ4n) is 1.58. The lowest BCUT2D eigenvalue weighted by Crippen LogP contribution is -2.04. The first-order valence-electron chi connectivity index (χ1n) is 4.99. The summed E-state index contributed by atoms with van der Waals surface area (Å²) >= 11 is 5.63. The van der Waals surface area contributed by atoms with Crippen molar-refractivity contribution in [2.24, 2.45) is 0 Å². The lowest BCUT2D eigenvalue weighted by Gasteiger charge is -2.08. The minimum absolute atomic E-state index is 0.0951. The number of carboxylic acids is 1. The molecule has 0 atom stereocenters. The summed E-state index contributed by atoms with van der Waals surface area (Å²) in [5.41, 5.74) is 3.17. The summed E-state index contributed by atoms with van der Waals surface area (Å²) < 4.78 is 0. The highest BCUT2D eigenvalue weighted by molar-refractivity contribution is 6.17. The fraction of sp³-hybridized carbons (Fsp3) is 0.417. The highest BCUT2D eigenvalue weighted by Gasteiger charge is 2.06. The average molecular weight is 227 g/mol. The smallest absolute Gasteiger partial charge is 0.307 e. The number of aliphatic carboxylic acids is 1. The molecule has 2 nitrogen and oxygen atoms in total. The van der Waals surface area contributed by atoms with E-state index in [1.807, 2.05) is 25.1 Å². The van der Waals surface area contributed by atoms with Crippen molar-refractivity contribution in [3.8, 4) is 0 Å². The van der Waals surface area contributed by atoms with E-state index in [0.717, 1.165) is 29.5 Å². The molecule has 0 bridgehead atoms. The molecule has 3 heteroatoms. The first kappa shape index (κ1) is 12.1. The van der Waals surface area contributed by atoms with Gasteiger partial charge in [0.25, 0.3) is 0 Å². The third-order valence-electron chi connectivity index (χ3n) is 2.28. The highest BCUT2D eigenvalue weighted by atomic mass is 35.5. The van der Waals surface area contributed by atoms with Gasteiger partial charge in [0.2, 0.25) is 0 Å². The van der Waals surface area contributed by atoms with Gasteiger partial charge in [-0.05, 0) is 30.9 Å². The number of rotatable bonds is 5. The quantitative estimate of drug-likeness (QED) is 0.784. The Bertz CT molecular complexity index is 347. The third-order valence-corrected chi connectivity index (χ3v) is 2.55. The van der Waals surface area contributed by atoms with Crippen molar-refractivity contribution in [1.29, 1.82) is 0 Å². The van der Waals surface area contributed by atoms with Crippen LogP contribution in [0.2, 0.25) is 0 Å². The van der Waals surface area contributed by atoms with Crippen LogP contribution in [0.25, 0.3) is 0 Å². The van der Waals surface area contributed by atoms with Crippen LogP contribution in [0.15, 0.2) is 18.2 Å². The standard InChI is InChI=1S/C12H15ClO2/c1-9-4-5-11(8-12(14)15)10(7-9)3-2-6-13/h4-5,7H,2-3,6,8H2,1H3,(H,14,15). The minimum atomic E-state index is -0.786. The van der Waals surface area contributed by atoms with Gasteiger partial charge in [0.05, 0.1) is 6.42 Å². The first-order valence-corrected chi connectivity index (χ1v) is 5.53. The van der Waals surface area contributed by atoms with Crippen molar-refractivity contribution < 1.29 is 9.90 Å². The second-order valence-corrected chi connectivity index (χ2v) is 4.01. The zero-order chi connectivity index (χ0) is 11.3. The van der Waals surface area contributed by atoms with E-state index in [0.29, 0.717) is 5.88 Å². The topological polar surface area (TPSA) is 37.3 Å². The largest absolute Gasteiger partial charge is 0.481 e. The van der Waals surface area contributed by atoms with Crippen LogP contribution in [-0.4, -0.2) is 17.0 Å². The highest BCUT2D eigenvalue weighted by Crippen LogP contribution is 2.15. The molecule has 0 aliphatic carbocycles. The van der Waals surface area contributed by atoms with Crippen molar-refractivity contribution in [2.45, 2.75) is 26.2 Å².